The molecule has 2 nitrogen and oxygen atoms in total. The highest BCUT2D eigenvalue weighted by Crippen LogP contribution is 2.34. The molecular weight excluding hydrogens is 253 g/mol. The molecule has 0 aliphatic heterocycles. The first-order valence-corrected chi connectivity index (χ1v) is 6.97. The van der Waals surface area contributed by atoms with Crippen LogP contribution in [0.2, 0.25) is 0 Å². The van der Waals surface area contributed by atoms with Crippen LogP contribution in [0, 0.1) is 5.82 Å². The highest BCUT2D eigenvalue weighted by molar-refractivity contribution is 5.40. The van der Waals surface area contributed by atoms with E-state index in [4.69, 9.17) is 0 Å². The predicted octanol–water partition coefficient (Wildman–Crippen LogP) is 3.87. The summed E-state index contributed by atoms with van der Waals surface area (Å²) in [6, 6.07) is 12.6. The number of fused-ring (bicyclic) bond motifs is 1. The van der Waals surface area contributed by atoms with E-state index in [1.807, 2.05) is 25.1 Å². The molecule has 1 aliphatic rings. The van der Waals surface area contributed by atoms with Crippen molar-refractivity contribution in [3.8, 4) is 5.75 Å². The fourth-order valence-corrected chi connectivity index (χ4v) is 2.95. The van der Waals surface area contributed by atoms with Crippen LogP contribution in [-0.4, -0.2) is 5.11 Å². The first-order chi connectivity index (χ1) is 9.63. The first kappa shape index (κ1) is 13.1. The van der Waals surface area contributed by atoms with Crippen LogP contribution in [0.4, 0.5) is 4.39 Å². The lowest BCUT2D eigenvalue weighted by molar-refractivity contribution is 0.462. The van der Waals surface area contributed by atoms with E-state index in [2.05, 4.69) is 5.32 Å². The topological polar surface area (TPSA) is 32.3 Å². The van der Waals surface area contributed by atoms with Gasteiger partial charge in [0, 0.05) is 12.1 Å². The lowest BCUT2D eigenvalue weighted by Gasteiger charge is -2.21. The van der Waals surface area contributed by atoms with Gasteiger partial charge in [-0.15, -0.1) is 0 Å². The fraction of sp³-hybridized carbons (Fsp3) is 0.294. The summed E-state index contributed by atoms with van der Waals surface area (Å²) in [6.07, 6.45) is 1.98. The highest BCUT2D eigenvalue weighted by Gasteiger charge is 2.24. The van der Waals surface area contributed by atoms with Gasteiger partial charge in [0.05, 0.1) is 0 Å². The lowest BCUT2D eigenvalue weighted by Crippen LogP contribution is -2.23. The van der Waals surface area contributed by atoms with Crippen molar-refractivity contribution in [2.75, 3.05) is 0 Å². The molecule has 0 aromatic heterocycles. The number of halogens is 1. The van der Waals surface area contributed by atoms with Crippen LogP contribution in [0.15, 0.2) is 42.5 Å². The van der Waals surface area contributed by atoms with Crippen molar-refractivity contribution >= 4 is 0 Å². The summed E-state index contributed by atoms with van der Waals surface area (Å²) in [5, 5.41) is 13.1. The maximum Gasteiger partial charge on any atom is 0.123 e. The van der Waals surface area contributed by atoms with Gasteiger partial charge in [-0.3, -0.25) is 0 Å². The van der Waals surface area contributed by atoms with Crippen molar-refractivity contribution in [3.63, 3.8) is 0 Å². The van der Waals surface area contributed by atoms with Gasteiger partial charge in [0.1, 0.15) is 11.6 Å². The van der Waals surface area contributed by atoms with Crippen molar-refractivity contribution in [2.45, 2.75) is 31.8 Å². The number of phenols is 1. The second-order valence-electron chi connectivity index (χ2n) is 5.42. The SMILES string of the molecule is C[C@H](NC1CCc2cc(O)ccc21)c1cccc(F)c1. The number of nitrogens with one attached hydrogen (secondary N) is 1. The Labute approximate surface area is 118 Å². The minimum atomic E-state index is -0.201. The fourth-order valence-electron chi connectivity index (χ4n) is 2.95. The molecule has 2 aromatic carbocycles. The minimum absolute atomic E-state index is 0.0930. The molecule has 0 radical (unpaired) electrons. The number of benzene rings is 2. The van der Waals surface area contributed by atoms with E-state index in [1.54, 1.807) is 18.2 Å². The second-order valence-corrected chi connectivity index (χ2v) is 5.42. The third kappa shape index (κ3) is 2.54. The summed E-state index contributed by atoms with van der Waals surface area (Å²) in [7, 11) is 0. The first-order valence-electron chi connectivity index (χ1n) is 6.97. The molecule has 0 heterocycles. The van der Waals surface area contributed by atoms with Crippen LogP contribution in [0.3, 0.4) is 0 Å². The average Bonchev–Trinajstić information content (AvgIpc) is 2.81. The zero-order chi connectivity index (χ0) is 14.1. The van der Waals surface area contributed by atoms with Crippen LogP contribution >= 0.6 is 0 Å². The predicted molar refractivity (Wildman–Crippen MR) is 77.1 cm³/mol. The van der Waals surface area contributed by atoms with Crippen LogP contribution in [-0.2, 0) is 6.42 Å². The zero-order valence-electron chi connectivity index (χ0n) is 11.4. The van der Waals surface area contributed by atoms with Crippen LogP contribution < -0.4 is 5.32 Å². The van der Waals surface area contributed by atoms with Gasteiger partial charge in [-0.2, -0.15) is 0 Å². The summed E-state index contributed by atoms with van der Waals surface area (Å²) in [4.78, 5) is 0. The molecule has 0 bridgehead atoms. The normalized spacial score (nSPS) is 18.8. The van der Waals surface area contributed by atoms with E-state index in [-0.39, 0.29) is 17.9 Å². The van der Waals surface area contributed by atoms with Gasteiger partial charge >= 0.3 is 0 Å². The van der Waals surface area contributed by atoms with E-state index < -0.39 is 0 Å². The smallest absolute Gasteiger partial charge is 0.123 e. The summed E-state index contributed by atoms with van der Waals surface area (Å²) in [6.45, 7) is 2.05. The monoisotopic (exact) mass is 271 g/mol. The Morgan fingerprint density at radius 1 is 1.25 bits per heavy atom. The molecule has 3 rings (SSSR count). The number of aromatic hydroxyl groups is 1. The van der Waals surface area contributed by atoms with E-state index in [0.29, 0.717) is 5.75 Å². The molecule has 0 fully saturated rings. The molecule has 2 atom stereocenters. The molecule has 0 amide bonds. The average molecular weight is 271 g/mol. The Balaban J connectivity index is 1.77. The lowest BCUT2D eigenvalue weighted by atomic mass is 10.0. The molecule has 0 spiro atoms. The van der Waals surface area contributed by atoms with Crippen LogP contribution in [0.5, 0.6) is 5.75 Å². The molecule has 2 aromatic rings. The molecule has 1 unspecified atom stereocenters. The Morgan fingerprint density at radius 3 is 2.90 bits per heavy atom. The zero-order valence-corrected chi connectivity index (χ0v) is 11.4. The molecule has 0 saturated heterocycles. The Bertz CT molecular complexity index is 626. The minimum Gasteiger partial charge on any atom is -0.508 e. The van der Waals surface area contributed by atoms with E-state index in [0.717, 1.165) is 18.4 Å². The third-order valence-corrected chi connectivity index (χ3v) is 4.00. The van der Waals surface area contributed by atoms with E-state index in [1.165, 1.54) is 17.2 Å². The second kappa shape index (κ2) is 5.25. The molecule has 104 valence electrons. The van der Waals surface area contributed by atoms with Gasteiger partial charge < -0.3 is 10.4 Å². The van der Waals surface area contributed by atoms with Crippen molar-refractivity contribution in [2.24, 2.45) is 0 Å². The summed E-state index contributed by atoms with van der Waals surface area (Å²) < 4.78 is 13.3. The number of rotatable bonds is 3. The van der Waals surface area contributed by atoms with E-state index >= 15 is 0 Å². The maximum absolute atomic E-state index is 13.3. The molecule has 3 heteroatoms. The van der Waals surface area contributed by atoms with Gasteiger partial charge in [0.2, 0.25) is 0 Å². The standard InChI is InChI=1S/C17H18FNO/c1-11(12-3-2-4-14(18)9-12)19-17-8-5-13-10-15(20)6-7-16(13)17/h2-4,6-7,9-11,17,19-20H,5,8H2,1H3/t11-,17?/m0/s1. The Morgan fingerprint density at radius 2 is 2.10 bits per heavy atom. The Hall–Kier alpha value is -1.87. The van der Waals surface area contributed by atoms with Gasteiger partial charge in [-0.25, -0.2) is 4.39 Å². The molecule has 0 saturated carbocycles. The van der Waals surface area contributed by atoms with Crippen molar-refractivity contribution in [1.82, 2.24) is 5.32 Å². The maximum atomic E-state index is 13.3. The molecule has 20 heavy (non-hydrogen) atoms. The highest BCUT2D eigenvalue weighted by atomic mass is 19.1. The quantitative estimate of drug-likeness (QED) is 0.888. The van der Waals surface area contributed by atoms with Gasteiger partial charge in [0.15, 0.2) is 0 Å². The summed E-state index contributed by atoms with van der Waals surface area (Å²) in [5.74, 6) is 0.121. The number of aryl methyl sites for hydroxylation is 1. The van der Waals surface area contributed by atoms with Crippen LogP contribution in [0.25, 0.3) is 0 Å². The molecule has 2 N–H and O–H groups in total. The van der Waals surface area contributed by atoms with Crippen molar-refractivity contribution < 1.29 is 9.50 Å². The molecule has 1 aliphatic carbocycles. The number of phenolic OH excluding ortho intramolecular Hbond substituents is 1. The summed E-state index contributed by atoms with van der Waals surface area (Å²) >= 11 is 0. The third-order valence-electron chi connectivity index (χ3n) is 4.00. The number of hydrogen-bond donors (Lipinski definition) is 2. The van der Waals surface area contributed by atoms with Crippen molar-refractivity contribution in [3.05, 3.63) is 65.0 Å². The largest absolute Gasteiger partial charge is 0.508 e. The number of hydrogen-bond acceptors (Lipinski definition) is 2. The summed E-state index contributed by atoms with van der Waals surface area (Å²) in [5.41, 5.74) is 3.40. The van der Waals surface area contributed by atoms with Gasteiger partial charge in [-0.05, 0) is 60.7 Å². The van der Waals surface area contributed by atoms with Crippen LogP contribution in [0.1, 0.15) is 42.1 Å². The van der Waals surface area contributed by atoms with Crippen molar-refractivity contribution in [1.29, 1.82) is 0 Å². The molecular formula is C17H18FNO. The van der Waals surface area contributed by atoms with E-state index in [9.17, 15) is 9.50 Å². The van der Waals surface area contributed by atoms with Gasteiger partial charge in [-0.1, -0.05) is 18.2 Å². The van der Waals surface area contributed by atoms with Gasteiger partial charge in [0.25, 0.3) is 0 Å². The Kier molecular flexibility index (Phi) is 3.45.